The van der Waals surface area contributed by atoms with E-state index in [4.69, 9.17) is 11.6 Å². The number of unbranched alkanes of at least 4 members (excludes halogenated alkanes) is 1. The number of halogens is 1. The lowest BCUT2D eigenvalue weighted by molar-refractivity contribution is 0.270. The molecule has 0 saturated carbocycles. The Kier molecular flexibility index (Phi) is 6.03. The molecule has 0 amide bonds. The van der Waals surface area contributed by atoms with Gasteiger partial charge in [-0.25, -0.2) is 0 Å². The highest BCUT2D eigenvalue weighted by Gasteiger charge is 2.23. The summed E-state index contributed by atoms with van der Waals surface area (Å²) in [6.45, 7) is 6.74. The summed E-state index contributed by atoms with van der Waals surface area (Å²) in [6.07, 6.45) is 6.38. The van der Waals surface area contributed by atoms with Crippen LogP contribution in [0.5, 0.6) is 0 Å². The number of hydrogen-bond acceptors (Lipinski definition) is 0. The van der Waals surface area contributed by atoms with Crippen LogP contribution in [0, 0.1) is 5.41 Å². The second kappa shape index (κ2) is 5.88. The smallest absolute Gasteiger partial charge is 0.0279 e. The van der Waals surface area contributed by atoms with Crippen molar-refractivity contribution in [3.05, 3.63) is 0 Å². The maximum Gasteiger partial charge on any atom is 0.0279 e. The third-order valence-corrected chi connectivity index (χ3v) is 3.41. The van der Waals surface area contributed by atoms with E-state index in [0.29, 0.717) is 5.41 Å². The molecule has 0 fully saturated rings. The standard InChI is InChI=1S/C10H21Cl/c1-4-7-8-10(5-2,6-3)9-11/h4-9H2,1-3H3. The van der Waals surface area contributed by atoms with E-state index in [1.807, 2.05) is 0 Å². The molecule has 0 aliphatic heterocycles. The molecule has 0 aromatic carbocycles. The molecule has 0 rings (SSSR count). The second-order valence-electron chi connectivity index (χ2n) is 3.44. The minimum atomic E-state index is 0.442. The first kappa shape index (κ1) is 11.3. The van der Waals surface area contributed by atoms with E-state index in [-0.39, 0.29) is 0 Å². The van der Waals surface area contributed by atoms with Gasteiger partial charge >= 0.3 is 0 Å². The normalized spacial score (nSPS) is 12.0. The minimum absolute atomic E-state index is 0.442. The number of rotatable bonds is 6. The molecule has 0 heterocycles. The molecule has 0 aromatic rings. The van der Waals surface area contributed by atoms with Crippen LogP contribution in [0.25, 0.3) is 0 Å². The van der Waals surface area contributed by atoms with E-state index < -0.39 is 0 Å². The highest BCUT2D eigenvalue weighted by molar-refractivity contribution is 6.18. The van der Waals surface area contributed by atoms with Gasteiger partial charge in [-0.1, -0.05) is 33.6 Å². The maximum absolute atomic E-state index is 5.96. The predicted molar refractivity (Wildman–Crippen MR) is 53.3 cm³/mol. The van der Waals surface area contributed by atoms with E-state index in [2.05, 4.69) is 20.8 Å². The van der Waals surface area contributed by atoms with Crippen molar-refractivity contribution in [1.82, 2.24) is 0 Å². The molecular weight excluding hydrogens is 156 g/mol. The van der Waals surface area contributed by atoms with Crippen molar-refractivity contribution in [2.24, 2.45) is 5.41 Å². The van der Waals surface area contributed by atoms with Crippen LogP contribution in [0.3, 0.4) is 0 Å². The first-order chi connectivity index (χ1) is 5.24. The Hall–Kier alpha value is 0.290. The molecule has 0 saturated heterocycles. The van der Waals surface area contributed by atoms with Crippen molar-refractivity contribution in [1.29, 1.82) is 0 Å². The molecule has 0 aromatic heterocycles. The summed E-state index contributed by atoms with van der Waals surface area (Å²) in [7, 11) is 0. The van der Waals surface area contributed by atoms with Gasteiger partial charge in [-0.3, -0.25) is 0 Å². The molecule has 0 nitrogen and oxygen atoms in total. The summed E-state index contributed by atoms with van der Waals surface area (Å²) in [5, 5.41) is 0. The highest BCUT2D eigenvalue weighted by Crippen LogP contribution is 2.33. The molecule has 0 spiro atoms. The van der Waals surface area contributed by atoms with Gasteiger partial charge < -0.3 is 0 Å². The molecule has 0 unspecified atom stereocenters. The SMILES string of the molecule is CCCCC(CC)(CC)CCl. The van der Waals surface area contributed by atoms with Gasteiger partial charge in [-0.15, -0.1) is 11.6 Å². The predicted octanol–water partition coefficient (Wildman–Crippen LogP) is 4.22. The van der Waals surface area contributed by atoms with Crippen LogP contribution >= 0.6 is 11.6 Å². The Labute approximate surface area is 76.3 Å². The van der Waals surface area contributed by atoms with E-state index in [1.54, 1.807) is 0 Å². The Morgan fingerprint density at radius 1 is 1.09 bits per heavy atom. The van der Waals surface area contributed by atoms with Crippen LogP contribution in [0.15, 0.2) is 0 Å². The summed E-state index contributed by atoms with van der Waals surface area (Å²) in [6, 6.07) is 0. The van der Waals surface area contributed by atoms with Crippen LogP contribution in [0.4, 0.5) is 0 Å². The Bertz CT molecular complexity index is 76.6. The molecular formula is C10H21Cl. The van der Waals surface area contributed by atoms with E-state index in [0.717, 1.165) is 5.88 Å². The summed E-state index contributed by atoms with van der Waals surface area (Å²) in [5.74, 6) is 0.833. The van der Waals surface area contributed by atoms with Crippen LogP contribution < -0.4 is 0 Å². The van der Waals surface area contributed by atoms with E-state index in [9.17, 15) is 0 Å². The lowest BCUT2D eigenvalue weighted by Gasteiger charge is -2.28. The maximum atomic E-state index is 5.96. The molecule has 11 heavy (non-hydrogen) atoms. The fourth-order valence-electron chi connectivity index (χ4n) is 1.41. The zero-order chi connectivity index (χ0) is 8.74. The van der Waals surface area contributed by atoms with Crippen molar-refractivity contribution >= 4 is 11.6 Å². The van der Waals surface area contributed by atoms with Crippen LogP contribution in [0.1, 0.15) is 52.9 Å². The first-order valence-corrected chi connectivity index (χ1v) is 5.34. The third-order valence-electron chi connectivity index (χ3n) is 2.84. The Morgan fingerprint density at radius 2 is 1.64 bits per heavy atom. The molecule has 0 aliphatic rings. The van der Waals surface area contributed by atoms with Crippen LogP contribution in [-0.2, 0) is 0 Å². The molecule has 0 aliphatic carbocycles. The molecule has 0 radical (unpaired) electrons. The number of alkyl halides is 1. The van der Waals surface area contributed by atoms with Gasteiger partial charge in [0.15, 0.2) is 0 Å². The molecule has 0 atom stereocenters. The fraction of sp³-hybridized carbons (Fsp3) is 1.00. The largest absolute Gasteiger partial charge is 0.126 e. The summed E-state index contributed by atoms with van der Waals surface area (Å²) in [5.41, 5.74) is 0.442. The zero-order valence-electron chi connectivity index (χ0n) is 8.12. The monoisotopic (exact) mass is 176 g/mol. The second-order valence-corrected chi connectivity index (χ2v) is 3.71. The highest BCUT2D eigenvalue weighted by atomic mass is 35.5. The van der Waals surface area contributed by atoms with Gasteiger partial charge in [0, 0.05) is 5.88 Å². The van der Waals surface area contributed by atoms with E-state index >= 15 is 0 Å². The lowest BCUT2D eigenvalue weighted by Crippen LogP contribution is -2.20. The van der Waals surface area contributed by atoms with Crippen molar-refractivity contribution in [3.8, 4) is 0 Å². The summed E-state index contributed by atoms with van der Waals surface area (Å²) >= 11 is 5.96. The number of hydrogen-bond donors (Lipinski definition) is 0. The lowest BCUT2D eigenvalue weighted by atomic mass is 9.80. The average Bonchev–Trinajstić information content (AvgIpc) is 2.08. The Balaban J connectivity index is 3.84. The molecule has 0 bridgehead atoms. The Morgan fingerprint density at radius 3 is 1.91 bits per heavy atom. The summed E-state index contributed by atoms with van der Waals surface area (Å²) < 4.78 is 0. The van der Waals surface area contributed by atoms with Gasteiger partial charge in [0.2, 0.25) is 0 Å². The van der Waals surface area contributed by atoms with Crippen LogP contribution in [0.2, 0.25) is 0 Å². The quantitative estimate of drug-likeness (QED) is 0.532. The average molecular weight is 177 g/mol. The van der Waals surface area contributed by atoms with Gasteiger partial charge in [-0.2, -0.15) is 0 Å². The van der Waals surface area contributed by atoms with Gasteiger partial charge in [0.1, 0.15) is 0 Å². The van der Waals surface area contributed by atoms with Crippen molar-refractivity contribution in [2.75, 3.05) is 5.88 Å². The third kappa shape index (κ3) is 3.46. The van der Waals surface area contributed by atoms with Gasteiger partial charge in [0.25, 0.3) is 0 Å². The first-order valence-electron chi connectivity index (χ1n) is 4.80. The van der Waals surface area contributed by atoms with Gasteiger partial charge in [0.05, 0.1) is 0 Å². The van der Waals surface area contributed by atoms with Crippen LogP contribution in [-0.4, -0.2) is 5.88 Å². The van der Waals surface area contributed by atoms with Gasteiger partial charge in [-0.05, 0) is 24.7 Å². The summed E-state index contributed by atoms with van der Waals surface area (Å²) in [4.78, 5) is 0. The van der Waals surface area contributed by atoms with E-state index in [1.165, 1.54) is 32.1 Å². The van der Waals surface area contributed by atoms with Crippen molar-refractivity contribution in [2.45, 2.75) is 52.9 Å². The minimum Gasteiger partial charge on any atom is -0.126 e. The fourth-order valence-corrected chi connectivity index (χ4v) is 1.92. The molecule has 1 heteroatoms. The zero-order valence-corrected chi connectivity index (χ0v) is 8.88. The molecule has 0 N–H and O–H groups in total. The topological polar surface area (TPSA) is 0 Å². The molecule has 68 valence electrons. The van der Waals surface area contributed by atoms with Crippen molar-refractivity contribution in [3.63, 3.8) is 0 Å². The van der Waals surface area contributed by atoms with Crippen molar-refractivity contribution < 1.29 is 0 Å².